The third-order valence-corrected chi connectivity index (χ3v) is 6.06. The minimum atomic E-state index is -0.0726. The smallest absolute Gasteiger partial charge is 0.253 e. The molecule has 1 aromatic rings. The molecule has 2 aliphatic rings. The standard InChI is InChI=1S/C21H30N2O5/c1-27-13-3-10-23-15-21(7-6-19(23)25)8-11-22(12-9-21)20(26)16-4-5-18(28-2)17(24)14-16/h4-5,14,24H,3,6-13,15H2,1-2H3. The Labute approximate surface area is 166 Å². The van der Waals surface area contributed by atoms with Gasteiger partial charge in [0, 0.05) is 51.9 Å². The Hall–Kier alpha value is -2.28. The van der Waals surface area contributed by atoms with Crippen LogP contribution in [0.1, 0.15) is 42.5 Å². The summed E-state index contributed by atoms with van der Waals surface area (Å²) < 4.78 is 10.1. The Balaban J connectivity index is 1.59. The summed E-state index contributed by atoms with van der Waals surface area (Å²) in [5, 5.41) is 9.94. The van der Waals surface area contributed by atoms with Crippen molar-refractivity contribution in [1.29, 1.82) is 0 Å². The van der Waals surface area contributed by atoms with Gasteiger partial charge in [0.15, 0.2) is 11.5 Å². The van der Waals surface area contributed by atoms with Crippen LogP contribution in [0, 0.1) is 5.41 Å². The summed E-state index contributed by atoms with van der Waals surface area (Å²) in [6.07, 6.45) is 4.14. The Kier molecular flexibility index (Phi) is 6.44. The Morgan fingerprint density at radius 1 is 1.21 bits per heavy atom. The van der Waals surface area contributed by atoms with Crippen LogP contribution in [0.3, 0.4) is 0 Å². The number of likely N-dealkylation sites (tertiary alicyclic amines) is 2. The van der Waals surface area contributed by atoms with Gasteiger partial charge in [-0.3, -0.25) is 9.59 Å². The molecule has 0 atom stereocenters. The lowest BCUT2D eigenvalue weighted by atomic mass is 9.72. The van der Waals surface area contributed by atoms with Crippen LogP contribution < -0.4 is 4.74 Å². The van der Waals surface area contributed by atoms with Crippen LogP contribution in [-0.4, -0.2) is 73.7 Å². The van der Waals surface area contributed by atoms with Crippen molar-refractivity contribution in [2.45, 2.75) is 32.1 Å². The van der Waals surface area contributed by atoms with E-state index in [1.54, 1.807) is 19.2 Å². The highest BCUT2D eigenvalue weighted by atomic mass is 16.5. The highest BCUT2D eigenvalue weighted by molar-refractivity contribution is 5.95. The van der Waals surface area contributed by atoms with Crippen molar-refractivity contribution in [1.82, 2.24) is 9.80 Å². The number of ether oxygens (including phenoxy) is 2. The molecule has 0 radical (unpaired) electrons. The molecule has 7 heteroatoms. The molecule has 3 rings (SSSR count). The van der Waals surface area contributed by atoms with E-state index in [9.17, 15) is 14.7 Å². The zero-order valence-corrected chi connectivity index (χ0v) is 16.8. The van der Waals surface area contributed by atoms with Crippen LogP contribution in [0.2, 0.25) is 0 Å². The fourth-order valence-electron chi connectivity index (χ4n) is 4.30. The first-order valence-electron chi connectivity index (χ1n) is 9.91. The molecule has 0 aliphatic carbocycles. The lowest BCUT2D eigenvalue weighted by Crippen LogP contribution is -2.52. The van der Waals surface area contributed by atoms with E-state index in [0.717, 1.165) is 38.8 Å². The number of amides is 2. The number of rotatable bonds is 6. The number of carbonyl (C=O) groups is 2. The molecule has 154 valence electrons. The highest BCUT2D eigenvalue weighted by Gasteiger charge is 2.41. The number of hydrogen-bond donors (Lipinski definition) is 1. The molecule has 2 heterocycles. The zero-order chi connectivity index (χ0) is 20.1. The second-order valence-corrected chi connectivity index (χ2v) is 7.84. The van der Waals surface area contributed by atoms with Crippen molar-refractivity contribution >= 4 is 11.8 Å². The van der Waals surface area contributed by atoms with Gasteiger partial charge in [-0.15, -0.1) is 0 Å². The van der Waals surface area contributed by atoms with Crippen LogP contribution in [0.5, 0.6) is 11.5 Å². The SMILES string of the molecule is COCCCN1CC2(CCC1=O)CCN(C(=O)c1ccc(OC)c(O)c1)CC2. The predicted octanol–water partition coefficient (Wildman–Crippen LogP) is 2.28. The Bertz CT molecular complexity index is 713. The van der Waals surface area contributed by atoms with Gasteiger partial charge in [-0.1, -0.05) is 0 Å². The van der Waals surface area contributed by atoms with Crippen LogP contribution in [0.25, 0.3) is 0 Å². The molecule has 1 aromatic carbocycles. The lowest BCUT2D eigenvalue weighted by Gasteiger charge is -2.47. The number of benzene rings is 1. The van der Waals surface area contributed by atoms with Crippen molar-refractivity contribution in [3.8, 4) is 11.5 Å². The van der Waals surface area contributed by atoms with E-state index in [0.29, 0.717) is 37.4 Å². The van der Waals surface area contributed by atoms with Gasteiger partial charge in [-0.05, 0) is 49.3 Å². The number of piperidine rings is 2. The quantitative estimate of drug-likeness (QED) is 0.754. The van der Waals surface area contributed by atoms with Crippen molar-refractivity contribution in [2.24, 2.45) is 5.41 Å². The number of hydrogen-bond acceptors (Lipinski definition) is 5. The highest BCUT2D eigenvalue weighted by Crippen LogP contribution is 2.40. The molecule has 2 aliphatic heterocycles. The molecule has 28 heavy (non-hydrogen) atoms. The second-order valence-electron chi connectivity index (χ2n) is 7.84. The summed E-state index contributed by atoms with van der Waals surface area (Å²) in [5.74, 6) is 0.486. The molecule has 2 fully saturated rings. The van der Waals surface area contributed by atoms with Gasteiger partial charge in [-0.25, -0.2) is 0 Å². The maximum absolute atomic E-state index is 12.8. The van der Waals surface area contributed by atoms with E-state index >= 15 is 0 Å². The van der Waals surface area contributed by atoms with Gasteiger partial charge in [0.05, 0.1) is 7.11 Å². The van der Waals surface area contributed by atoms with E-state index in [1.165, 1.54) is 13.2 Å². The van der Waals surface area contributed by atoms with Gasteiger partial charge >= 0.3 is 0 Å². The fraction of sp³-hybridized carbons (Fsp3) is 0.619. The average Bonchev–Trinajstić information content (AvgIpc) is 2.71. The summed E-state index contributed by atoms with van der Waals surface area (Å²) in [7, 11) is 3.16. The molecular formula is C21H30N2O5. The number of phenolic OH excluding ortho intramolecular Hbond substituents is 1. The summed E-state index contributed by atoms with van der Waals surface area (Å²) in [4.78, 5) is 28.9. The third-order valence-electron chi connectivity index (χ3n) is 6.06. The topological polar surface area (TPSA) is 79.3 Å². The minimum Gasteiger partial charge on any atom is -0.504 e. The second kappa shape index (κ2) is 8.82. The fourth-order valence-corrected chi connectivity index (χ4v) is 4.30. The molecule has 2 saturated heterocycles. The van der Waals surface area contributed by atoms with E-state index in [4.69, 9.17) is 9.47 Å². The van der Waals surface area contributed by atoms with Gasteiger partial charge in [0.2, 0.25) is 5.91 Å². The van der Waals surface area contributed by atoms with E-state index < -0.39 is 0 Å². The molecule has 1 spiro atoms. The van der Waals surface area contributed by atoms with Gasteiger partial charge in [0.25, 0.3) is 5.91 Å². The Morgan fingerprint density at radius 3 is 2.61 bits per heavy atom. The van der Waals surface area contributed by atoms with Crippen molar-refractivity contribution in [2.75, 3.05) is 47.0 Å². The molecule has 0 bridgehead atoms. The van der Waals surface area contributed by atoms with E-state index in [2.05, 4.69) is 0 Å². The maximum Gasteiger partial charge on any atom is 0.253 e. The number of aromatic hydroxyl groups is 1. The Morgan fingerprint density at radius 2 is 1.96 bits per heavy atom. The van der Waals surface area contributed by atoms with Crippen LogP contribution in [0.15, 0.2) is 18.2 Å². The van der Waals surface area contributed by atoms with Crippen molar-refractivity contribution in [3.05, 3.63) is 23.8 Å². The van der Waals surface area contributed by atoms with Crippen molar-refractivity contribution < 1.29 is 24.2 Å². The molecule has 0 unspecified atom stereocenters. The molecule has 7 nitrogen and oxygen atoms in total. The van der Waals surface area contributed by atoms with E-state index in [-0.39, 0.29) is 23.0 Å². The summed E-state index contributed by atoms with van der Waals surface area (Å²) in [6, 6.07) is 4.75. The monoisotopic (exact) mass is 390 g/mol. The number of methoxy groups -OCH3 is 2. The third kappa shape index (κ3) is 4.41. The van der Waals surface area contributed by atoms with Crippen LogP contribution in [0.4, 0.5) is 0 Å². The molecule has 0 aromatic heterocycles. The molecule has 0 saturated carbocycles. The summed E-state index contributed by atoms with van der Waals surface area (Å²) in [5.41, 5.74) is 0.578. The summed E-state index contributed by atoms with van der Waals surface area (Å²) in [6.45, 7) is 3.52. The van der Waals surface area contributed by atoms with Crippen molar-refractivity contribution in [3.63, 3.8) is 0 Å². The minimum absolute atomic E-state index is 0.0284. The number of nitrogens with zero attached hydrogens (tertiary/aromatic N) is 2. The summed E-state index contributed by atoms with van der Waals surface area (Å²) >= 11 is 0. The number of carbonyl (C=O) groups excluding carboxylic acids is 2. The maximum atomic E-state index is 12.8. The lowest BCUT2D eigenvalue weighted by molar-refractivity contribution is -0.139. The molecular weight excluding hydrogens is 360 g/mol. The normalized spacial score (nSPS) is 19.1. The largest absolute Gasteiger partial charge is 0.504 e. The first kappa shape index (κ1) is 20.5. The first-order valence-corrected chi connectivity index (χ1v) is 9.91. The molecule has 2 amide bonds. The van der Waals surface area contributed by atoms with Crippen LogP contribution >= 0.6 is 0 Å². The molecule has 1 N–H and O–H groups in total. The zero-order valence-electron chi connectivity index (χ0n) is 16.8. The van der Waals surface area contributed by atoms with Gasteiger partial charge < -0.3 is 24.4 Å². The average molecular weight is 390 g/mol. The van der Waals surface area contributed by atoms with Crippen LogP contribution in [-0.2, 0) is 9.53 Å². The first-order chi connectivity index (χ1) is 13.5. The van der Waals surface area contributed by atoms with Gasteiger partial charge in [0.1, 0.15) is 0 Å². The van der Waals surface area contributed by atoms with E-state index in [1.807, 2.05) is 9.80 Å². The number of phenols is 1. The van der Waals surface area contributed by atoms with Gasteiger partial charge in [-0.2, -0.15) is 0 Å². The predicted molar refractivity (Wildman–Crippen MR) is 105 cm³/mol.